The highest BCUT2D eigenvalue weighted by Crippen LogP contribution is 2.19. The quantitative estimate of drug-likeness (QED) is 0.492. The third-order valence-corrected chi connectivity index (χ3v) is 6.99. The fourth-order valence-electron chi connectivity index (χ4n) is 3.65. The van der Waals surface area contributed by atoms with Crippen LogP contribution in [0.5, 0.6) is 0 Å². The standard InChI is InChI=1S/C26H37N3O4S/c1-6-21(3)27-26(31)22(4)28(19-23-13-10-12-20(2)18-23)25(30)16-11-17-29(34(5,32)33)24-14-8-7-9-15-24/h7-10,12-15,18,21-22H,6,11,16-17,19H2,1-5H3,(H,27,31)/t21-,22-/m0/s1. The third kappa shape index (κ3) is 8.17. The molecule has 0 aliphatic heterocycles. The molecule has 0 saturated carbocycles. The van der Waals surface area contributed by atoms with Crippen molar-refractivity contribution in [2.24, 2.45) is 0 Å². The number of carbonyl (C=O) groups is 2. The lowest BCUT2D eigenvalue weighted by Crippen LogP contribution is -2.49. The highest BCUT2D eigenvalue weighted by atomic mass is 32.2. The Morgan fingerprint density at radius 2 is 1.71 bits per heavy atom. The summed E-state index contributed by atoms with van der Waals surface area (Å²) in [5.41, 5.74) is 2.59. The summed E-state index contributed by atoms with van der Waals surface area (Å²) in [6, 6.07) is 16.1. The molecular weight excluding hydrogens is 450 g/mol. The van der Waals surface area contributed by atoms with Crippen LogP contribution in [0.3, 0.4) is 0 Å². The molecule has 0 saturated heterocycles. The summed E-state index contributed by atoms with van der Waals surface area (Å²) in [5, 5.41) is 2.96. The van der Waals surface area contributed by atoms with Crippen molar-refractivity contribution in [2.75, 3.05) is 17.1 Å². The van der Waals surface area contributed by atoms with E-state index in [1.165, 1.54) is 4.31 Å². The molecular formula is C26H37N3O4S. The second kappa shape index (κ2) is 12.6. The Hall–Kier alpha value is -2.87. The number of benzene rings is 2. The summed E-state index contributed by atoms with van der Waals surface area (Å²) in [7, 11) is -3.49. The van der Waals surface area contributed by atoms with Gasteiger partial charge in [0.05, 0.1) is 11.9 Å². The van der Waals surface area contributed by atoms with E-state index in [0.717, 1.165) is 23.8 Å². The zero-order chi connectivity index (χ0) is 25.3. The summed E-state index contributed by atoms with van der Waals surface area (Å²) >= 11 is 0. The van der Waals surface area contributed by atoms with Gasteiger partial charge in [-0.3, -0.25) is 13.9 Å². The van der Waals surface area contributed by atoms with E-state index in [1.54, 1.807) is 36.1 Å². The number of para-hydroxylation sites is 1. The number of nitrogens with zero attached hydrogens (tertiary/aromatic N) is 2. The number of nitrogens with one attached hydrogen (secondary N) is 1. The lowest BCUT2D eigenvalue weighted by Gasteiger charge is -2.30. The molecule has 7 nitrogen and oxygen atoms in total. The van der Waals surface area contributed by atoms with Crippen molar-refractivity contribution in [3.05, 3.63) is 65.7 Å². The number of carbonyl (C=O) groups excluding carboxylic acids is 2. The SMILES string of the molecule is CC[C@H](C)NC(=O)[C@H](C)N(Cc1cccc(C)c1)C(=O)CCCN(c1ccccc1)S(C)(=O)=O. The summed E-state index contributed by atoms with van der Waals surface area (Å²) in [6.45, 7) is 8.13. The molecule has 0 radical (unpaired) electrons. The van der Waals surface area contributed by atoms with Crippen LogP contribution in [0.25, 0.3) is 0 Å². The fraction of sp³-hybridized carbons (Fsp3) is 0.462. The van der Waals surface area contributed by atoms with E-state index in [-0.39, 0.29) is 30.8 Å². The number of sulfonamides is 1. The lowest BCUT2D eigenvalue weighted by atomic mass is 10.1. The highest BCUT2D eigenvalue weighted by Gasteiger charge is 2.27. The number of hydrogen-bond donors (Lipinski definition) is 1. The van der Waals surface area contributed by atoms with Crippen molar-refractivity contribution in [3.63, 3.8) is 0 Å². The molecule has 0 spiro atoms. The van der Waals surface area contributed by atoms with Crippen LogP contribution in [0.2, 0.25) is 0 Å². The summed E-state index contributed by atoms with van der Waals surface area (Å²) in [6.07, 6.45) is 2.43. The van der Waals surface area contributed by atoms with E-state index in [4.69, 9.17) is 0 Å². The van der Waals surface area contributed by atoms with Crippen LogP contribution in [0, 0.1) is 6.92 Å². The van der Waals surface area contributed by atoms with Crippen molar-refractivity contribution in [2.45, 2.75) is 65.6 Å². The molecule has 186 valence electrons. The van der Waals surface area contributed by atoms with Crippen molar-refractivity contribution < 1.29 is 18.0 Å². The van der Waals surface area contributed by atoms with Gasteiger partial charge in [-0.2, -0.15) is 0 Å². The lowest BCUT2D eigenvalue weighted by molar-refractivity contribution is -0.140. The maximum absolute atomic E-state index is 13.3. The molecule has 8 heteroatoms. The Kier molecular flexibility index (Phi) is 10.1. The van der Waals surface area contributed by atoms with Crippen LogP contribution in [0.15, 0.2) is 54.6 Å². The van der Waals surface area contributed by atoms with Gasteiger partial charge < -0.3 is 10.2 Å². The minimum Gasteiger partial charge on any atom is -0.352 e. The van der Waals surface area contributed by atoms with Crippen LogP contribution in [0.1, 0.15) is 51.2 Å². The molecule has 0 aliphatic carbocycles. The average molecular weight is 488 g/mol. The molecule has 0 bridgehead atoms. The number of rotatable bonds is 12. The van der Waals surface area contributed by atoms with Crippen molar-refractivity contribution in [1.29, 1.82) is 0 Å². The maximum Gasteiger partial charge on any atom is 0.242 e. The second-order valence-electron chi connectivity index (χ2n) is 8.78. The first-order valence-electron chi connectivity index (χ1n) is 11.7. The monoisotopic (exact) mass is 487 g/mol. The van der Waals surface area contributed by atoms with Gasteiger partial charge in [-0.05, 0) is 51.3 Å². The molecule has 2 aromatic carbocycles. The van der Waals surface area contributed by atoms with E-state index in [0.29, 0.717) is 18.7 Å². The van der Waals surface area contributed by atoms with Gasteiger partial charge >= 0.3 is 0 Å². The number of amides is 2. The third-order valence-electron chi connectivity index (χ3n) is 5.80. The summed E-state index contributed by atoms with van der Waals surface area (Å²) in [5.74, 6) is -0.382. The molecule has 2 aromatic rings. The largest absolute Gasteiger partial charge is 0.352 e. The first kappa shape index (κ1) is 27.4. The highest BCUT2D eigenvalue weighted by molar-refractivity contribution is 7.92. The smallest absolute Gasteiger partial charge is 0.242 e. The predicted octanol–water partition coefficient (Wildman–Crippen LogP) is 3.87. The Bertz CT molecular complexity index is 1060. The fourth-order valence-corrected chi connectivity index (χ4v) is 4.62. The van der Waals surface area contributed by atoms with Gasteiger partial charge in [0.25, 0.3) is 0 Å². The Morgan fingerprint density at radius 1 is 1.03 bits per heavy atom. The second-order valence-corrected chi connectivity index (χ2v) is 10.7. The van der Waals surface area contributed by atoms with Gasteiger partial charge in [-0.1, -0.05) is 55.0 Å². The van der Waals surface area contributed by atoms with Crippen molar-refractivity contribution >= 4 is 27.5 Å². The molecule has 2 rings (SSSR count). The van der Waals surface area contributed by atoms with Gasteiger partial charge in [-0.25, -0.2) is 8.42 Å². The normalized spacial score (nSPS) is 13.1. The molecule has 34 heavy (non-hydrogen) atoms. The van der Waals surface area contributed by atoms with Crippen LogP contribution in [0.4, 0.5) is 5.69 Å². The zero-order valence-electron chi connectivity index (χ0n) is 20.8. The summed E-state index contributed by atoms with van der Waals surface area (Å²) in [4.78, 5) is 27.7. The number of anilines is 1. The Morgan fingerprint density at radius 3 is 2.29 bits per heavy atom. The number of hydrogen-bond acceptors (Lipinski definition) is 4. The predicted molar refractivity (Wildman–Crippen MR) is 137 cm³/mol. The van der Waals surface area contributed by atoms with Gasteiger partial charge in [0.2, 0.25) is 21.8 Å². The Balaban J connectivity index is 2.15. The van der Waals surface area contributed by atoms with E-state index < -0.39 is 16.1 Å². The molecule has 2 amide bonds. The molecule has 0 aromatic heterocycles. The van der Waals surface area contributed by atoms with E-state index in [1.807, 2.05) is 51.1 Å². The van der Waals surface area contributed by atoms with Gasteiger partial charge in [0, 0.05) is 25.6 Å². The minimum absolute atomic E-state index is 0.0139. The average Bonchev–Trinajstić information content (AvgIpc) is 2.79. The summed E-state index contributed by atoms with van der Waals surface area (Å²) < 4.78 is 26.0. The first-order valence-corrected chi connectivity index (χ1v) is 13.6. The zero-order valence-corrected chi connectivity index (χ0v) is 21.6. The van der Waals surface area contributed by atoms with Gasteiger partial charge in [0.1, 0.15) is 6.04 Å². The molecule has 0 fully saturated rings. The van der Waals surface area contributed by atoms with Crippen molar-refractivity contribution in [3.8, 4) is 0 Å². The van der Waals surface area contributed by atoms with Crippen LogP contribution < -0.4 is 9.62 Å². The van der Waals surface area contributed by atoms with Crippen LogP contribution in [-0.4, -0.2) is 50.0 Å². The van der Waals surface area contributed by atoms with Crippen LogP contribution in [-0.2, 0) is 26.2 Å². The number of aryl methyl sites for hydroxylation is 1. The Labute approximate surface area is 204 Å². The molecule has 0 unspecified atom stereocenters. The first-order chi connectivity index (χ1) is 16.0. The minimum atomic E-state index is -3.49. The molecule has 0 aliphatic rings. The molecule has 0 heterocycles. The molecule has 2 atom stereocenters. The van der Waals surface area contributed by atoms with Crippen LogP contribution >= 0.6 is 0 Å². The van der Waals surface area contributed by atoms with E-state index in [9.17, 15) is 18.0 Å². The van der Waals surface area contributed by atoms with E-state index in [2.05, 4.69) is 5.32 Å². The van der Waals surface area contributed by atoms with Crippen molar-refractivity contribution in [1.82, 2.24) is 10.2 Å². The van der Waals surface area contributed by atoms with Gasteiger partial charge in [0.15, 0.2) is 0 Å². The van der Waals surface area contributed by atoms with Gasteiger partial charge in [-0.15, -0.1) is 0 Å². The topological polar surface area (TPSA) is 86.8 Å². The van der Waals surface area contributed by atoms with E-state index >= 15 is 0 Å². The maximum atomic E-state index is 13.3. The molecule has 1 N–H and O–H groups in total.